The molecule has 1 aliphatic rings. The van der Waals surface area contributed by atoms with Crippen molar-refractivity contribution in [1.82, 2.24) is 10.0 Å². The maximum Gasteiger partial charge on any atom is 0.242 e. The normalized spacial score (nSPS) is 16.9. The van der Waals surface area contributed by atoms with Crippen molar-refractivity contribution in [3.05, 3.63) is 28.8 Å². The number of aryl methyl sites for hydroxylation is 1. The maximum atomic E-state index is 12.2. The van der Waals surface area contributed by atoms with Gasteiger partial charge in [0, 0.05) is 6.04 Å². The van der Waals surface area contributed by atoms with Crippen molar-refractivity contribution in [2.75, 3.05) is 13.1 Å². The highest BCUT2D eigenvalue weighted by Crippen LogP contribution is 2.23. The third kappa shape index (κ3) is 4.33. The van der Waals surface area contributed by atoms with Gasteiger partial charge in [-0.3, -0.25) is 0 Å². The minimum absolute atomic E-state index is 0. The Morgan fingerprint density at radius 1 is 1.32 bits per heavy atom. The molecule has 0 saturated carbocycles. The zero-order valence-electron chi connectivity index (χ0n) is 10.6. The Labute approximate surface area is 125 Å². The van der Waals surface area contributed by atoms with Crippen LogP contribution in [0.15, 0.2) is 23.1 Å². The number of rotatable bonds is 3. The number of piperidine rings is 1. The van der Waals surface area contributed by atoms with Crippen molar-refractivity contribution in [2.24, 2.45) is 0 Å². The van der Waals surface area contributed by atoms with E-state index >= 15 is 0 Å². The summed E-state index contributed by atoms with van der Waals surface area (Å²) in [6.45, 7) is 3.56. The number of nitrogens with one attached hydrogen (secondary N) is 2. The van der Waals surface area contributed by atoms with Crippen molar-refractivity contribution in [2.45, 2.75) is 30.7 Å². The van der Waals surface area contributed by atoms with E-state index in [1.165, 1.54) is 0 Å². The predicted molar refractivity (Wildman–Crippen MR) is 79.7 cm³/mol. The van der Waals surface area contributed by atoms with E-state index < -0.39 is 10.0 Å². The fraction of sp³-hybridized carbons (Fsp3) is 0.500. The van der Waals surface area contributed by atoms with Crippen molar-refractivity contribution >= 4 is 34.0 Å². The summed E-state index contributed by atoms with van der Waals surface area (Å²) >= 11 is 6.00. The lowest BCUT2D eigenvalue weighted by molar-refractivity contribution is 0.427. The second kappa shape index (κ2) is 6.90. The first-order valence-corrected chi connectivity index (χ1v) is 7.84. The fourth-order valence-corrected chi connectivity index (χ4v) is 3.95. The van der Waals surface area contributed by atoms with Crippen molar-refractivity contribution in [3.8, 4) is 0 Å². The van der Waals surface area contributed by atoms with Gasteiger partial charge in [0.15, 0.2) is 0 Å². The molecule has 0 radical (unpaired) electrons. The highest BCUT2D eigenvalue weighted by Gasteiger charge is 2.23. The van der Waals surface area contributed by atoms with Gasteiger partial charge in [-0.25, -0.2) is 13.1 Å². The van der Waals surface area contributed by atoms with Crippen LogP contribution in [0, 0.1) is 6.92 Å². The number of hydrogen-bond donors (Lipinski definition) is 2. The molecular formula is C12H18Cl2N2O2S. The first-order chi connectivity index (χ1) is 8.49. The largest absolute Gasteiger partial charge is 0.317 e. The first kappa shape index (κ1) is 16.7. The van der Waals surface area contributed by atoms with Crippen LogP contribution in [-0.2, 0) is 10.0 Å². The summed E-state index contributed by atoms with van der Waals surface area (Å²) in [7, 11) is -3.52. The van der Waals surface area contributed by atoms with Crippen LogP contribution >= 0.6 is 24.0 Å². The molecule has 1 aliphatic heterocycles. The minimum Gasteiger partial charge on any atom is -0.317 e. The lowest BCUT2D eigenvalue weighted by Crippen LogP contribution is -2.42. The van der Waals surface area contributed by atoms with Gasteiger partial charge >= 0.3 is 0 Å². The molecule has 1 aromatic rings. The minimum atomic E-state index is -3.52. The van der Waals surface area contributed by atoms with Crippen molar-refractivity contribution in [1.29, 1.82) is 0 Å². The van der Waals surface area contributed by atoms with Gasteiger partial charge in [0.05, 0.1) is 5.02 Å². The zero-order valence-corrected chi connectivity index (χ0v) is 13.0. The van der Waals surface area contributed by atoms with Crippen LogP contribution in [0.1, 0.15) is 18.4 Å². The number of halogens is 2. The summed E-state index contributed by atoms with van der Waals surface area (Å²) in [5.41, 5.74) is 0.945. The topological polar surface area (TPSA) is 58.2 Å². The van der Waals surface area contributed by atoms with Gasteiger partial charge in [-0.05, 0) is 50.6 Å². The smallest absolute Gasteiger partial charge is 0.242 e. The molecule has 0 spiro atoms. The van der Waals surface area contributed by atoms with Gasteiger partial charge in [-0.15, -0.1) is 12.4 Å². The van der Waals surface area contributed by atoms with Crippen LogP contribution in [0.5, 0.6) is 0 Å². The number of hydrogen-bond acceptors (Lipinski definition) is 3. The summed E-state index contributed by atoms with van der Waals surface area (Å²) in [5.74, 6) is 0. The van der Waals surface area contributed by atoms with Crippen molar-refractivity contribution in [3.63, 3.8) is 0 Å². The molecule has 7 heteroatoms. The molecule has 0 aromatic heterocycles. The van der Waals surface area contributed by atoms with E-state index in [-0.39, 0.29) is 28.4 Å². The van der Waals surface area contributed by atoms with Crippen LogP contribution in [0.3, 0.4) is 0 Å². The lowest BCUT2D eigenvalue weighted by atomic mass is 10.1. The third-order valence-electron chi connectivity index (χ3n) is 3.04. The number of benzene rings is 1. The predicted octanol–water partition coefficient (Wildman–Crippen LogP) is 2.10. The van der Waals surface area contributed by atoms with E-state index in [0.29, 0.717) is 0 Å². The molecule has 1 fully saturated rings. The highest BCUT2D eigenvalue weighted by molar-refractivity contribution is 7.89. The van der Waals surface area contributed by atoms with Gasteiger partial charge in [0.1, 0.15) is 4.90 Å². The standard InChI is InChI=1S/C12H17ClN2O2S.ClH/c1-9-2-3-12(11(13)8-9)18(16,17)15-10-4-6-14-7-5-10;/h2-3,8,10,14-15H,4-7H2,1H3;1H. The van der Waals surface area contributed by atoms with E-state index in [1.54, 1.807) is 18.2 Å². The molecule has 1 heterocycles. The highest BCUT2D eigenvalue weighted by atomic mass is 35.5. The maximum absolute atomic E-state index is 12.2. The second-order valence-electron chi connectivity index (χ2n) is 4.58. The molecule has 2 rings (SSSR count). The second-order valence-corrected chi connectivity index (χ2v) is 6.67. The Hall–Kier alpha value is -0.330. The van der Waals surface area contributed by atoms with E-state index in [0.717, 1.165) is 31.5 Å². The summed E-state index contributed by atoms with van der Waals surface area (Å²) in [6, 6.07) is 4.97. The van der Waals surface area contributed by atoms with Crippen molar-refractivity contribution < 1.29 is 8.42 Å². The average molecular weight is 325 g/mol. The molecule has 0 atom stereocenters. The molecule has 0 amide bonds. The van der Waals surface area contributed by atoms with Crippen LogP contribution in [0.2, 0.25) is 5.02 Å². The van der Waals surface area contributed by atoms with Crippen LogP contribution in [0.25, 0.3) is 0 Å². The zero-order chi connectivity index (χ0) is 13.2. The van der Waals surface area contributed by atoms with Crippen LogP contribution in [-0.4, -0.2) is 27.5 Å². The molecule has 0 aliphatic carbocycles. The molecule has 2 N–H and O–H groups in total. The SMILES string of the molecule is Cc1ccc(S(=O)(=O)NC2CCNCC2)c(Cl)c1.Cl. The Kier molecular flexibility index (Phi) is 6.08. The molecule has 1 saturated heterocycles. The Bertz CT molecular complexity index is 529. The Morgan fingerprint density at radius 3 is 2.53 bits per heavy atom. The molecule has 0 unspecified atom stereocenters. The van der Waals surface area contributed by atoms with Gasteiger partial charge in [0.25, 0.3) is 0 Å². The van der Waals surface area contributed by atoms with Crippen LogP contribution in [0.4, 0.5) is 0 Å². The molecule has 0 bridgehead atoms. The monoisotopic (exact) mass is 324 g/mol. The van der Waals surface area contributed by atoms with E-state index in [4.69, 9.17) is 11.6 Å². The molecule has 4 nitrogen and oxygen atoms in total. The molecular weight excluding hydrogens is 307 g/mol. The lowest BCUT2D eigenvalue weighted by Gasteiger charge is -2.23. The van der Waals surface area contributed by atoms with E-state index in [1.807, 2.05) is 6.92 Å². The fourth-order valence-electron chi connectivity index (χ4n) is 2.05. The third-order valence-corrected chi connectivity index (χ3v) is 5.04. The van der Waals surface area contributed by atoms with E-state index in [2.05, 4.69) is 10.0 Å². The van der Waals surface area contributed by atoms with Gasteiger partial charge in [-0.2, -0.15) is 0 Å². The van der Waals surface area contributed by atoms with Crippen LogP contribution < -0.4 is 10.0 Å². The van der Waals surface area contributed by atoms with Gasteiger partial charge in [0.2, 0.25) is 10.0 Å². The summed E-state index contributed by atoms with van der Waals surface area (Å²) in [5, 5.41) is 3.47. The Morgan fingerprint density at radius 2 is 1.95 bits per heavy atom. The van der Waals surface area contributed by atoms with Gasteiger partial charge in [-0.1, -0.05) is 17.7 Å². The Balaban J connectivity index is 0.00000180. The van der Waals surface area contributed by atoms with Gasteiger partial charge < -0.3 is 5.32 Å². The quantitative estimate of drug-likeness (QED) is 0.895. The first-order valence-electron chi connectivity index (χ1n) is 5.98. The van der Waals surface area contributed by atoms with E-state index in [9.17, 15) is 8.42 Å². The summed E-state index contributed by atoms with van der Waals surface area (Å²) < 4.78 is 27.2. The average Bonchev–Trinajstić information content (AvgIpc) is 2.29. The number of sulfonamides is 1. The molecule has 108 valence electrons. The molecule has 1 aromatic carbocycles. The summed E-state index contributed by atoms with van der Waals surface area (Å²) in [4.78, 5) is 0.160. The molecule has 19 heavy (non-hydrogen) atoms. The summed E-state index contributed by atoms with van der Waals surface area (Å²) in [6.07, 6.45) is 1.62.